The second kappa shape index (κ2) is 3.97. The van der Waals surface area contributed by atoms with Gasteiger partial charge in [-0.3, -0.25) is 9.82 Å². The van der Waals surface area contributed by atoms with Gasteiger partial charge in [0.25, 0.3) is 10.0 Å². The fraction of sp³-hybridized carbons (Fsp3) is 0.100. The fourth-order valence-electron chi connectivity index (χ4n) is 1.23. The lowest BCUT2D eigenvalue weighted by Crippen LogP contribution is -2.13. The van der Waals surface area contributed by atoms with E-state index in [0.717, 1.165) is 5.56 Å². The third-order valence-electron chi connectivity index (χ3n) is 2.08. The first kappa shape index (κ1) is 10.7. The minimum atomic E-state index is -3.52. The molecule has 1 aromatic carbocycles. The lowest BCUT2D eigenvalue weighted by molar-refractivity contribution is 0.601. The molecule has 0 radical (unpaired) electrons. The van der Waals surface area contributed by atoms with Crippen LogP contribution in [-0.4, -0.2) is 18.6 Å². The number of nitrogens with zero attached hydrogens (tertiary/aromatic N) is 1. The predicted molar refractivity (Wildman–Crippen MR) is 60.6 cm³/mol. The van der Waals surface area contributed by atoms with Gasteiger partial charge in [0, 0.05) is 6.07 Å². The van der Waals surface area contributed by atoms with Gasteiger partial charge in [-0.2, -0.15) is 5.10 Å². The Morgan fingerprint density at radius 3 is 2.44 bits per heavy atom. The summed E-state index contributed by atoms with van der Waals surface area (Å²) >= 11 is 0. The summed E-state index contributed by atoms with van der Waals surface area (Å²) in [6.07, 6.45) is 1.48. The van der Waals surface area contributed by atoms with E-state index in [1.165, 1.54) is 6.20 Å². The number of hydrogen-bond acceptors (Lipinski definition) is 3. The van der Waals surface area contributed by atoms with Gasteiger partial charge in [-0.25, -0.2) is 8.42 Å². The number of benzene rings is 1. The molecular weight excluding hydrogens is 226 g/mol. The predicted octanol–water partition coefficient (Wildman–Crippen LogP) is 1.52. The second-order valence-electron chi connectivity index (χ2n) is 3.39. The number of sulfonamides is 1. The van der Waals surface area contributed by atoms with Gasteiger partial charge in [0.2, 0.25) is 0 Å². The van der Waals surface area contributed by atoms with E-state index in [-0.39, 0.29) is 4.90 Å². The molecule has 0 saturated carbocycles. The maximum atomic E-state index is 11.9. The average Bonchev–Trinajstić information content (AvgIpc) is 2.70. The van der Waals surface area contributed by atoms with Crippen molar-refractivity contribution in [1.29, 1.82) is 0 Å². The zero-order chi connectivity index (χ0) is 11.6. The summed E-state index contributed by atoms with van der Waals surface area (Å²) in [5, 5.41) is 6.20. The van der Waals surface area contributed by atoms with Gasteiger partial charge < -0.3 is 0 Å². The maximum Gasteiger partial charge on any atom is 0.263 e. The molecule has 84 valence electrons. The molecule has 0 unspecified atom stereocenters. The number of rotatable bonds is 3. The Bertz CT molecular complexity index is 559. The Hall–Kier alpha value is -1.82. The molecule has 0 aliphatic rings. The van der Waals surface area contributed by atoms with Crippen LogP contribution in [0.4, 0.5) is 5.82 Å². The lowest BCUT2D eigenvalue weighted by atomic mass is 10.2. The van der Waals surface area contributed by atoms with Crippen LogP contribution in [0.2, 0.25) is 0 Å². The van der Waals surface area contributed by atoms with Gasteiger partial charge in [-0.05, 0) is 19.1 Å². The van der Waals surface area contributed by atoms with Crippen molar-refractivity contribution in [1.82, 2.24) is 10.2 Å². The first-order valence-electron chi connectivity index (χ1n) is 4.67. The molecule has 16 heavy (non-hydrogen) atoms. The SMILES string of the molecule is Cc1ccc(S(=O)(=O)Nc2ccn[nH]2)cc1. The minimum absolute atomic E-state index is 0.229. The van der Waals surface area contributed by atoms with Crippen molar-refractivity contribution >= 4 is 15.8 Å². The topological polar surface area (TPSA) is 74.8 Å². The quantitative estimate of drug-likeness (QED) is 0.849. The van der Waals surface area contributed by atoms with Crippen molar-refractivity contribution in [3.63, 3.8) is 0 Å². The molecule has 0 aliphatic heterocycles. The van der Waals surface area contributed by atoms with Crippen molar-refractivity contribution < 1.29 is 8.42 Å². The third kappa shape index (κ3) is 2.22. The van der Waals surface area contributed by atoms with Gasteiger partial charge >= 0.3 is 0 Å². The second-order valence-corrected chi connectivity index (χ2v) is 5.07. The summed E-state index contributed by atoms with van der Waals surface area (Å²) in [6, 6.07) is 8.18. The van der Waals surface area contributed by atoms with E-state index >= 15 is 0 Å². The molecular formula is C10H11N3O2S. The Morgan fingerprint density at radius 2 is 1.88 bits per heavy atom. The Morgan fingerprint density at radius 1 is 1.19 bits per heavy atom. The first-order chi connectivity index (χ1) is 7.58. The third-order valence-corrected chi connectivity index (χ3v) is 3.46. The lowest BCUT2D eigenvalue weighted by Gasteiger charge is -2.05. The first-order valence-corrected chi connectivity index (χ1v) is 6.15. The normalized spacial score (nSPS) is 11.3. The highest BCUT2D eigenvalue weighted by Crippen LogP contribution is 2.14. The highest BCUT2D eigenvalue weighted by Gasteiger charge is 2.13. The van der Waals surface area contributed by atoms with E-state index in [0.29, 0.717) is 5.82 Å². The summed E-state index contributed by atoms with van der Waals surface area (Å²) < 4.78 is 26.1. The van der Waals surface area contributed by atoms with Crippen molar-refractivity contribution in [2.75, 3.05) is 4.72 Å². The van der Waals surface area contributed by atoms with Crippen molar-refractivity contribution in [3.8, 4) is 0 Å². The van der Waals surface area contributed by atoms with Crippen LogP contribution in [0, 0.1) is 6.92 Å². The van der Waals surface area contributed by atoms with E-state index in [2.05, 4.69) is 14.9 Å². The smallest absolute Gasteiger partial charge is 0.263 e. The van der Waals surface area contributed by atoms with Crippen LogP contribution in [0.25, 0.3) is 0 Å². The fourth-order valence-corrected chi connectivity index (χ4v) is 2.25. The van der Waals surface area contributed by atoms with Crippen LogP contribution in [0.1, 0.15) is 5.56 Å². The molecule has 0 aliphatic carbocycles. The van der Waals surface area contributed by atoms with E-state index in [4.69, 9.17) is 0 Å². The number of aromatic nitrogens is 2. The minimum Gasteiger partial charge on any atom is -0.264 e. The zero-order valence-corrected chi connectivity index (χ0v) is 9.45. The van der Waals surface area contributed by atoms with Crippen LogP contribution < -0.4 is 4.72 Å². The molecule has 2 aromatic rings. The summed E-state index contributed by atoms with van der Waals surface area (Å²) in [7, 11) is -3.52. The van der Waals surface area contributed by atoms with E-state index in [1.807, 2.05) is 6.92 Å². The molecule has 2 N–H and O–H groups in total. The molecule has 0 bridgehead atoms. The number of H-pyrrole nitrogens is 1. The van der Waals surface area contributed by atoms with Gasteiger partial charge in [-0.1, -0.05) is 17.7 Å². The summed E-state index contributed by atoms with van der Waals surface area (Å²) in [5.74, 6) is 0.348. The number of nitrogens with one attached hydrogen (secondary N) is 2. The van der Waals surface area contributed by atoms with Crippen molar-refractivity contribution in [3.05, 3.63) is 42.1 Å². The number of aryl methyl sites for hydroxylation is 1. The Labute approximate surface area is 93.6 Å². The maximum absolute atomic E-state index is 11.9. The molecule has 0 atom stereocenters. The Kier molecular flexibility index (Phi) is 2.66. The van der Waals surface area contributed by atoms with Gasteiger partial charge in [0.15, 0.2) is 0 Å². The molecule has 0 amide bonds. The summed E-state index contributed by atoms with van der Waals surface area (Å²) in [4.78, 5) is 0.229. The standard InChI is InChI=1S/C10H11N3O2S/c1-8-2-4-9(5-3-8)16(14,15)13-10-6-7-11-12-10/h2-7H,1H3,(H2,11,12,13). The van der Waals surface area contributed by atoms with Gasteiger partial charge in [0.1, 0.15) is 5.82 Å². The van der Waals surface area contributed by atoms with Crippen LogP contribution in [0.15, 0.2) is 41.4 Å². The monoisotopic (exact) mass is 237 g/mol. The number of aromatic amines is 1. The molecule has 1 heterocycles. The molecule has 0 spiro atoms. The van der Waals surface area contributed by atoms with Crippen molar-refractivity contribution in [2.24, 2.45) is 0 Å². The largest absolute Gasteiger partial charge is 0.264 e. The summed E-state index contributed by atoms with van der Waals surface area (Å²) in [5.41, 5.74) is 1.01. The molecule has 0 fully saturated rings. The van der Waals surface area contributed by atoms with E-state index < -0.39 is 10.0 Å². The van der Waals surface area contributed by atoms with Gasteiger partial charge in [-0.15, -0.1) is 0 Å². The van der Waals surface area contributed by atoms with Crippen LogP contribution in [0.3, 0.4) is 0 Å². The average molecular weight is 237 g/mol. The van der Waals surface area contributed by atoms with Crippen LogP contribution in [-0.2, 0) is 10.0 Å². The molecule has 1 aromatic heterocycles. The molecule has 0 saturated heterocycles. The molecule has 6 heteroatoms. The Balaban J connectivity index is 2.29. The van der Waals surface area contributed by atoms with Gasteiger partial charge in [0.05, 0.1) is 11.1 Å². The highest BCUT2D eigenvalue weighted by molar-refractivity contribution is 7.92. The zero-order valence-electron chi connectivity index (χ0n) is 8.64. The number of anilines is 1. The highest BCUT2D eigenvalue weighted by atomic mass is 32.2. The van der Waals surface area contributed by atoms with Crippen molar-refractivity contribution in [2.45, 2.75) is 11.8 Å². The molecule has 5 nitrogen and oxygen atoms in total. The molecule has 2 rings (SSSR count). The number of hydrogen-bond donors (Lipinski definition) is 2. The van der Waals surface area contributed by atoms with E-state index in [9.17, 15) is 8.42 Å². The van der Waals surface area contributed by atoms with E-state index in [1.54, 1.807) is 30.3 Å². The summed E-state index contributed by atoms with van der Waals surface area (Å²) in [6.45, 7) is 1.90. The van der Waals surface area contributed by atoms with Crippen LogP contribution >= 0.6 is 0 Å². The van der Waals surface area contributed by atoms with Crippen LogP contribution in [0.5, 0.6) is 0 Å².